The van der Waals surface area contributed by atoms with Gasteiger partial charge in [-0.25, -0.2) is 12.8 Å². The van der Waals surface area contributed by atoms with Crippen LogP contribution in [-0.2, 0) is 9.84 Å². The van der Waals surface area contributed by atoms with E-state index in [-0.39, 0.29) is 18.1 Å². The van der Waals surface area contributed by atoms with Gasteiger partial charge in [-0.2, -0.15) is 0 Å². The van der Waals surface area contributed by atoms with Crippen molar-refractivity contribution in [2.45, 2.75) is 0 Å². The second kappa shape index (κ2) is 8.26. The third-order valence-corrected chi connectivity index (χ3v) is 4.94. The van der Waals surface area contributed by atoms with Crippen molar-refractivity contribution in [3.8, 4) is 22.4 Å². The fourth-order valence-electron chi connectivity index (χ4n) is 2.62. The summed E-state index contributed by atoms with van der Waals surface area (Å²) in [6.07, 6.45) is 5.80. The fraction of sp³-hybridized carbons (Fsp3) is 0.150. The normalized spacial score (nSPS) is 11.2. The van der Waals surface area contributed by atoms with Crippen LogP contribution in [0.25, 0.3) is 22.4 Å². The van der Waals surface area contributed by atoms with Crippen molar-refractivity contribution in [1.82, 2.24) is 15.3 Å². The van der Waals surface area contributed by atoms with Gasteiger partial charge in [0, 0.05) is 48.1 Å². The van der Waals surface area contributed by atoms with Gasteiger partial charge in [0.15, 0.2) is 0 Å². The Bertz CT molecular complexity index is 1090. The molecule has 0 fully saturated rings. The monoisotopic (exact) mass is 399 g/mol. The first-order valence-corrected chi connectivity index (χ1v) is 10.5. The van der Waals surface area contributed by atoms with Crippen LogP contribution in [0, 0.1) is 5.82 Å². The zero-order valence-electron chi connectivity index (χ0n) is 15.1. The smallest absolute Gasteiger partial charge is 0.252 e. The van der Waals surface area contributed by atoms with E-state index < -0.39 is 15.7 Å². The van der Waals surface area contributed by atoms with Crippen molar-refractivity contribution < 1.29 is 17.6 Å². The molecule has 0 saturated carbocycles. The molecular formula is C20H18FN3O3S. The lowest BCUT2D eigenvalue weighted by molar-refractivity contribution is 0.0956. The second-order valence-electron chi connectivity index (χ2n) is 6.25. The molecule has 0 bridgehead atoms. The van der Waals surface area contributed by atoms with E-state index in [0.29, 0.717) is 22.4 Å². The molecule has 0 aliphatic carbocycles. The number of pyridine rings is 2. The van der Waals surface area contributed by atoms with Crippen LogP contribution in [0.15, 0.2) is 61.1 Å². The number of hydrogen-bond donors (Lipinski definition) is 1. The van der Waals surface area contributed by atoms with E-state index in [2.05, 4.69) is 15.3 Å². The van der Waals surface area contributed by atoms with E-state index >= 15 is 0 Å². The summed E-state index contributed by atoms with van der Waals surface area (Å²) in [6.45, 7) is 0.0135. The molecule has 2 aromatic heterocycles. The van der Waals surface area contributed by atoms with Gasteiger partial charge in [0.05, 0.1) is 17.0 Å². The molecule has 0 saturated heterocycles. The Balaban J connectivity index is 1.96. The van der Waals surface area contributed by atoms with Crippen molar-refractivity contribution in [1.29, 1.82) is 0 Å². The minimum absolute atomic E-state index is 0.0135. The van der Waals surface area contributed by atoms with Crippen molar-refractivity contribution >= 4 is 15.7 Å². The number of nitrogens with one attached hydrogen (secondary N) is 1. The summed E-state index contributed by atoms with van der Waals surface area (Å²) in [7, 11) is -3.17. The van der Waals surface area contributed by atoms with E-state index in [1.807, 2.05) is 6.07 Å². The minimum Gasteiger partial charge on any atom is -0.351 e. The van der Waals surface area contributed by atoms with Gasteiger partial charge in [0.25, 0.3) is 5.91 Å². The molecule has 0 unspecified atom stereocenters. The fourth-order valence-corrected chi connectivity index (χ4v) is 3.09. The maximum absolute atomic E-state index is 13.3. The first-order valence-electron chi connectivity index (χ1n) is 8.46. The molecule has 3 rings (SSSR count). The Labute approximate surface area is 162 Å². The maximum Gasteiger partial charge on any atom is 0.252 e. The van der Waals surface area contributed by atoms with E-state index in [0.717, 1.165) is 11.8 Å². The van der Waals surface area contributed by atoms with Gasteiger partial charge in [-0.3, -0.25) is 14.8 Å². The topological polar surface area (TPSA) is 89.0 Å². The van der Waals surface area contributed by atoms with E-state index in [4.69, 9.17) is 0 Å². The van der Waals surface area contributed by atoms with Crippen LogP contribution in [-0.4, -0.2) is 42.8 Å². The highest BCUT2D eigenvalue weighted by Gasteiger charge is 2.15. The summed E-state index contributed by atoms with van der Waals surface area (Å²) in [6, 6.07) is 11.2. The first-order chi connectivity index (χ1) is 13.3. The van der Waals surface area contributed by atoms with Gasteiger partial charge in [-0.1, -0.05) is 6.07 Å². The van der Waals surface area contributed by atoms with E-state index in [1.54, 1.807) is 36.7 Å². The Hall–Kier alpha value is -3.13. The molecule has 1 aromatic carbocycles. The molecule has 28 heavy (non-hydrogen) atoms. The highest BCUT2D eigenvalue weighted by molar-refractivity contribution is 7.90. The number of amides is 1. The number of halogens is 1. The summed E-state index contributed by atoms with van der Waals surface area (Å²) < 4.78 is 35.7. The zero-order valence-corrected chi connectivity index (χ0v) is 15.9. The largest absolute Gasteiger partial charge is 0.351 e. The van der Waals surface area contributed by atoms with Crippen LogP contribution in [0.5, 0.6) is 0 Å². The predicted molar refractivity (Wildman–Crippen MR) is 105 cm³/mol. The number of benzene rings is 1. The molecule has 0 aliphatic heterocycles. The summed E-state index contributed by atoms with van der Waals surface area (Å²) in [5.74, 6) is -0.921. The van der Waals surface area contributed by atoms with Crippen molar-refractivity contribution in [3.05, 3.63) is 72.4 Å². The predicted octanol–water partition coefficient (Wildman–Crippen LogP) is 2.72. The number of aromatic nitrogens is 2. The first kappa shape index (κ1) is 19.6. The molecule has 1 amide bonds. The van der Waals surface area contributed by atoms with Crippen LogP contribution >= 0.6 is 0 Å². The molecule has 1 N–H and O–H groups in total. The standard InChI is InChI=1S/C20H18FN3O3S/c1-28(26,27)10-9-23-20(25)16-11-18(15-3-2-8-22-12-15)19(24-13-16)14-4-6-17(21)7-5-14/h2-8,11-13H,9-10H2,1H3,(H,23,25). The van der Waals surface area contributed by atoms with Gasteiger partial charge >= 0.3 is 0 Å². The number of carbonyl (C=O) groups excluding carboxylic acids is 1. The molecule has 2 heterocycles. The SMILES string of the molecule is CS(=O)(=O)CCNC(=O)c1cnc(-c2ccc(F)cc2)c(-c2cccnc2)c1. The number of hydrogen-bond acceptors (Lipinski definition) is 5. The Morgan fingerprint density at radius 2 is 1.86 bits per heavy atom. The number of sulfone groups is 1. The quantitative estimate of drug-likeness (QED) is 0.688. The minimum atomic E-state index is -3.17. The third kappa shape index (κ3) is 4.98. The molecule has 0 radical (unpaired) electrons. The number of nitrogens with zero attached hydrogens (tertiary/aromatic N) is 2. The van der Waals surface area contributed by atoms with Crippen LogP contribution < -0.4 is 5.32 Å². The molecule has 8 heteroatoms. The van der Waals surface area contributed by atoms with Gasteiger partial charge in [-0.05, 0) is 36.4 Å². The molecule has 6 nitrogen and oxygen atoms in total. The van der Waals surface area contributed by atoms with Gasteiger partial charge in [0.1, 0.15) is 15.7 Å². The molecule has 0 spiro atoms. The highest BCUT2D eigenvalue weighted by Crippen LogP contribution is 2.30. The molecule has 0 aliphatic rings. The molecule has 3 aromatic rings. The number of carbonyl (C=O) groups is 1. The van der Waals surface area contributed by atoms with E-state index in [1.165, 1.54) is 18.3 Å². The van der Waals surface area contributed by atoms with Gasteiger partial charge in [-0.15, -0.1) is 0 Å². The lowest BCUT2D eigenvalue weighted by atomic mass is 9.99. The van der Waals surface area contributed by atoms with E-state index in [9.17, 15) is 17.6 Å². The number of rotatable bonds is 6. The van der Waals surface area contributed by atoms with Crippen LogP contribution in [0.4, 0.5) is 4.39 Å². The molecule has 144 valence electrons. The Morgan fingerprint density at radius 3 is 2.50 bits per heavy atom. The van der Waals surface area contributed by atoms with Crippen LogP contribution in [0.2, 0.25) is 0 Å². The summed E-state index contributed by atoms with van der Waals surface area (Å²) >= 11 is 0. The average molecular weight is 399 g/mol. The Kier molecular flexibility index (Phi) is 5.79. The molecule has 0 atom stereocenters. The average Bonchev–Trinajstić information content (AvgIpc) is 2.68. The van der Waals surface area contributed by atoms with Crippen molar-refractivity contribution in [2.24, 2.45) is 0 Å². The van der Waals surface area contributed by atoms with Crippen LogP contribution in [0.1, 0.15) is 10.4 Å². The summed E-state index contributed by atoms with van der Waals surface area (Å²) in [5, 5.41) is 2.58. The van der Waals surface area contributed by atoms with Gasteiger partial charge in [0.2, 0.25) is 0 Å². The van der Waals surface area contributed by atoms with Crippen molar-refractivity contribution in [3.63, 3.8) is 0 Å². The second-order valence-corrected chi connectivity index (χ2v) is 8.51. The third-order valence-electron chi connectivity index (χ3n) is 4.00. The molecular weight excluding hydrogens is 381 g/mol. The summed E-state index contributed by atoms with van der Waals surface area (Å²) in [4.78, 5) is 20.9. The van der Waals surface area contributed by atoms with Crippen molar-refractivity contribution in [2.75, 3.05) is 18.6 Å². The van der Waals surface area contributed by atoms with Crippen LogP contribution in [0.3, 0.4) is 0 Å². The Morgan fingerprint density at radius 1 is 1.11 bits per heavy atom. The highest BCUT2D eigenvalue weighted by atomic mass is 32.2. The van der Waals surface area contributed by atoms with Gasteiger partial charge < -0.3 is 5.32 Å². The maximum atomic E-state index is 13.3. The lowest BCUT2D eigenvalue weighted by Gasteiger charge is -2.12. The lowest BCUT2D eigenvalue weighted by Crippen LogP contribution is -2.28. The summed E-state index contributed by atoms with van der Waals surface area (Å²) in [5.41, 5.74) is 2.98. The zero-order chi connectivity index (χ0) is 20.1.